The summed E-state index contributed by atoms with van der Waals surface area (Å²) in [6.45, 7) is 3.22. The van der Waals surface area contributed by atoms with Gasteiger partial charge in [0.2, 0.25) is 0 Å². The number of benzene rings is 1. The Morgan fingerprint density at radius 2 is 2.24 bits per heavy atom. The molecule has 0 saturated carbocycles. The molecule has 0 radical (unpaired) electrons. The number of piperidine rings is 1. The van der Waals surface area contributed by atoms with Crippen LogP contribution in [-0.4, -0.2) is 50.8 Å². The van der Waals surface area contributed by atoms with E-state index in [9.17, 15) is 4.39 Å². The third-order valence-corrected chi connectivity index (χ3v) is 4.13. The smallest absolute Gasteiger partial charge is 0.146 e. The van der Waals surface area contributed by atoms with Crippen molar-refractivity contribution in [1.29, 1.82) is 0 Å². The van der Waals surface area contributed by atoms with E-state index in [1.807, 2.05) is 0 Å². The molecule has 2 aromatic rings. The van der Waals surface area contributed by atoms with Crippen LogP contribution in [0.3, 0.4) is 0 Å². The monoisotopic (exact) mass is 290 g/mol. The van der Waals surface area contributed by atoms with Gasteiger partial charge in [-0.25, -0.2) is 9.07 Å². The number of likely N-dealkylation sites (tertiary alicyclic amines) is 1. The first-order chi connectivity index (χ1) is 10.1. The van der Waals surface area contributed by atoms with Crippen molar-refractivity contribution >= 4 is 5.69 Å². The van der Waals surface area contributed by atoms with Gasteiger partial charge in [-0.2, -0.15) is 0 Å². The van der Waals surface area contributed by atoms with Gasteiger partial charge in [0.15, 0.2) is 0 Å². The molecule has 1 aliphatic rings. The zero-order chi connectivity index (χ0) is 14.8. The van der Waals surface area contributed by atoms with Crippen LogP contribution in [0.1, 0.15) is 19.8 Å². The van der Waals surface area contributed by atoms with Crippen molar-refractivity contribution in [3.63, 3.8) is 0 Å². The van der Waals surface area contributed by atoms with E-state index < -0.39 is 0 Å². The summed E-state index contributed by atoms with van der Waals surface area (Å²) in [7, 11) is 2.12. The van der Waals surface area contributed by atoms with Crippen molar-refractivity contribution in [3.8, 4) is 5.69 Å². The quantitative estimate of drug-likeness (QED) is 0.932. The number of aromatic nitrogens is 4. The Labute approximate surface area is 122 Å². The van der Waals surface area contributed by atoms with Crippen LogP contribution in [0, 0.1) is 5.82 Å². The summed E-state index contributed by atoms with van der Waals surface area (Å²) in [4.78, 5) is 2.33. The van der Waals surface area contributed by atoms with Crippen molar-refractivity contribution in [1.82, 2.24) is 25.1 Å². The van der Waals surface area contributed by atoms with Gasteiger partial charge in [0.05, 0.1) is 11.4 Å². The lowest BCUT2D eigenvalue weighted by molar-refractivity contribution is 0.190. The molecule has 1 fully saturated rings. The second-order valence-corrected chi connectivity index (χ2v) is 5.61. The zero-order valence-electron chi connectivity index (χ0n) is 12.2. The molecular formula is C14H19FN6. The molecule has 1 aromatic carbocycles. The Morgan fingerprint density at radius 1 is 1.38 bits per heavy atom. The second kappa shape index (κ2) is 5.77. The van der Waals surface area contributed by atoms with E-state index in [1.54, 1.807) is 12.1 Å². The molecule has 1 aliphatic heterocycles. The summed E-state index contributed by atoms with van der Waals surface area (Å²) in [6.07, 6.45) is 3.51. The minimum atomic E-state index is -0.251. The molecule has 2 heterocycles. The number of hydrogen-bond donors (Lipinski definition) is 1. The van der Waals surface area contributed by atoms with E-state index in [2.05, 4.69) is 39.7 Å². The van der Waals surface area contributed by atoms with Crippen LogP contribution >= 0.6 is 0 Å². The molecule has 6 nitrogen and oxygen atoms in total. The summed E-state index contributed by atoms with van der Waals surface area (Å²) < 4.78 is 15.5. The minimum absolute atomic E-state index is 0.251. The van der Waals surface area contributed by atoms with Crippen LogP contribution in [0.15, 0.2) is 24.5 Å². The van der Waals surface area contributed by atoms with Gasteiger partial charge >= 0.3 is 0 Å². The van der Waals surface area contributed by atoms with Crippen LogP contribution < -0.4 is 5.32 Å². The predicted octanol–water partition coefficient (Wildman–Crippen LogP) is 1.70. The van der Waals surface area contributed by atoms with Gasteiger partial charge < -0.3 is 10.2 Å². The Kier molecular flexibility index (Phi) is 3.83. The normalized spacial score (nSPS) is 23.2. The number of nitrogens with zero attached hydrogens (tertiary/aromatic N) is 5. The molecule has 0 spiro atoms. The fourth-order valence-electron chi connectivity index (χ4n) is 2.69. The van der Waals surface area contributed by atoms with Crippen LogP contribution in [-0.2, 0) is 0 Å². The van der Waals surface area contributed by atoms with Gasteiger partial charge in [-0.05, 0) is 55.4 Å². The van der Waals surface area contributed by atoms with Gasteiger partial charge in [-0.15, -0.1) is 5.10 Å². The molecule has 0 amide bonds. The molecule has 2 unspecified atom stereocenters. The lowest BCUT2D eigenvalue weighted by Crippen LogP contribution is -2.42. The molecule has 2 atom stereocenters. The number of anilines is 1. The number of tetrazole rings is 1. The van der Waals surface area contributed by atoms with Crippen LogP contribution in [0.2, 0.25) is 0 Å². The Morgan fingerprint density at radius 3 is 2.95 bits per heavy atom. The van der Waals surface area contributed by atoms with Crippen molar-refractivity contribution in [2.75, 3.05) is 18.9 Å². The van der Waals surface area contributed by atoms with Gasteiger partial charge in [0.25, 0.3) is 0 Å². The molecule has 0 aliphatic carbocycles. The highest BCUT2D eigenvalue weighted by molar-refractivity contribution is 5.52. The summed E-state index contributed by atoms with van der Waals surface area (Å²) in [6, 6.07) is 5.64. The Bertz CT molecular complexity index is 600. The average Bonchev–Trinajstić information content (AvgIpc) is 2.99. The SMILES string of the molecule is CC1CC(Nc2cc(-n3cnnn3)ccc2F)CCN1C. The molecule has 112 valence electrons. The van der Waals surface area contributed by atoms with Gasteiger partial charge in [-0.3, -0.25) is 0 Å². The molecule has 7 heteroatoms. The van der Waals surface area contributed by atoms with E-state index in [0.717, 1.165) is 25.1 Å². The van der Waals surface area contributed by atoms with E-state index in [1.165, 1.54) is 17.1 Å². The summed E-state index contributed by atoms with van der Waals surface area (Å²) in [5.74, 6) is -0.251. The molecule has 3 rings (SSSR count). The first-order valence-corrected chi connectivity index (χ1v) is 7.13. The third-order valence-electron chi connectivity index (χ3n) is 4.13. The summed E-state index contributed by atoms with van der Waals surface area (Å²) in [5, 5.41) is 14.3. The Balaban J connectivity index is 1.77. The zero-order valence-corrected chi connectivity index (χ0v) is 12.2. The first kappa shape index (κ1) is 13.9. The molecule has 1 N–H and O–H groups in total. The topological polar surface area (TPSA) is 58.9 Å². The van der Waals surface area contributed by atoms with Crippen molar-refractivity contribution in [2.45, 2.75) is 31.8 Å². The minimum Gasteiger partial charge on any atom is -0.380 e. The van der Waals surface area contributed by atoms with E-state index >= 15 is 0 Å². The molecule has 0 bridgehead atoms. The van der Waals surface area contributed by atoms with E-state index in [4.69, 9.17) is 0 Å². The third kappa shape index (κ3) is 3.02. The number of halogens is 1. The highest BCUT2D eigenvalue weighted by Gasteiger charge is 2.23. The predicted molar refractivity (Wildman–Crippen MR) is 77.8 cm³/mol. The summed E-state index contributed by atoms with van der Waals surface area (Å²) >= 11 is 0. The van der Waals surface area contributed by atoms with Crippen molar-refractivity contribution in [2.24, 2.45) is 0 Å². The fourth-order valence-corrected chi connectivity index (χ4v) is 2.69. The maximum Gasteiger partial charge on any atom is 0.146 e. The highest BCUT2D eigenvalue weighted by atomic mass is 19.1. The maximum absolute atomic E-state index is 14.0. The lowest BCUT2D eigenvalue weighted by atomic mass is 9.98. The van der Waals surface area contributed by atoms with Crippen molar-refractivity contribution < 1.29 is 4.39 Å². The van der Waals surface area contributed by atoms with Crippen LogP contribution in [0.25, 0.3) is 5.69 Å². The molecular weight excluding hydrogens is 271 g/mol. The van der Waals surface area contributed by atoms with E-state index in [-0.39, 0.29) is 11.9 Å². The lowest BCUT2D eigenvalue weighted by Gasteiger charge is -2.35. The highest BCUT2D eigenvalue weighted by Crippen LogP contribution is 2.23. The number of hydrogen-bond acceptors (Lipinski definition) is 5. The fraction of sp³-hybridized carbons (Fsp3) is 0.500. The Hall–Kier alpha value is -2.02. The molecule has 1 saturated heterocycles. The second-order valence-electron chi connectivity index (χ2n) is 5.61. The number of nitrogens with one attached hydrogen (secondary N) is 1. The first-order valence-electron chi connectivity index (χ1n) is 7.13. The van der Waals surface area contributed by atoms with Gasteiger partial charge in [0.1, 0.15) is 12.1 Å². The van der Waals surface area contributed by atoms with E-state index in [0.29, 0.717) is 11.7 Å². The van der Waals surface area contributed by atoms with Crippen LogP contribution in [0.4, 0.5) is 10.1 Å². The average molecular weight is 290 g/mol. The van der Waals surface area contributed by atoms with Crippen molar-refractivity contribution in [3.05, 3.63) is 30.3 Å². The summed E-state index contributed by atoms with van der Waals surface area (Å²) in [5.41, 5.74) is 1.25. The largest absolute Gasteiger partial charge is 0.380 e. The van der Waals surface area contributed by atoms with Crippen LogP contribution in [0.5, 0.6) is 0 Å². The number of rotatable bonds is 3. The maximum atomic E-state index is 14.0. The van der Waals surface area contributed by atoms with Gasteiger partial charge in [0, 0.05) is 18.6 Å². The molecule has 1 aromatic heterocycles. The van der Waals surface area contributed by atoms with Gasteiger partial charge in [-0.1, -0.05) is 0 Å². The standard InChI is InChI=1S/C14H19FN6/c1-10-7-11(5-6-20(10)2)17-14-8-12(3-4-13(14)15)21-9-16-18-19-21/h3-4,8-11,17H,5-7H2,1-2H3. The molecule has 21 heavy (non-hydrogen) atoms.